The van der Waals surface area contributed by atoms with Crippen LogP contribution in [-0.4, -0.2) is 36.7 Å². The van der Waals surface area contributed by atoms with E-state index < -0.39 is 35.5 Å². The molecule has 0 rings (SSSR count). The van der Waals surface area contributed by atoms with Crippen molar-refractivity contribution < 1.29 is 28.6 Å². The average molecular weight is 314 g/mol. The Hall–Kier alpha value is -1.85. The van der Waals surface area contributed by atoms with Gasteiger partial charge in [0.15, 0.2) is 0 Å². The molecule has 0 saturated carbocycles. The first-order valence-corrected chi connectivity index (χ1v) is 7.09. The maximum absolute atomic E-state index is 11.3. The minimum Gasteiger partial charge on any atom is -0.462 e. The third-order valence-electron chi connectivity index (χ3n) is 3.09. The molecule has 0 radical (unpaired) electrons. The second kappa shape index (κ2) is 8.56. The Morgan fingerprint density at radius 2 is 1.41 bits per heavy atom. The Morgan fingerprint density at radius 3 is 1.77 bits per heavy atom. The number of ether oxygens (including phenoxy) is 3. The van der Waals surface area contributed by atoms with E-state index in [1.54, 1.807) is 19.9 Å². The molecule has 0 N–H and O–H groups in total. The predicted molar refractivity (Wildman–Crippen MR) is 81.0 cm³/mol. The standard InChI is InChI=1S/C16H26O6/c1-10(2)8-14(21-12(4)18)16(6,7)15(22-13(5)19)9-20-11(3)17/h8,14-15H,9H2,1-7H3/t14-,15-/m0/s1. The molecule has 0 aromatic carbocycles. The zero-order valence-corrected chi connectivity index (χ0v) is 14.4. The summed E-state index contributed by atoms with van der Waals surface area (Å²) in [7, 11) is 0. The molecule has 2 atom stereocenters. The fourth-order valence-corrected chi connectivity index (χ4v) is 1.86. The van der Waals surface area contributed by atoms with Gasteiger partial charge < -0.3 is 14.2 Å². The first kappa shape index (κ1) is 20.1. The van der Waals surface area contributed by atoms with Gasteiger partial charge in [0, 0.05) is 26.2 Å². The molecule has 0 aromatic rings. The van der Waals surface area contributed by atoms with Gasteiger partial charge in [0.2, 0.25) is 0 Å². The van der Waals surface area contributed by atoms with E-state index in [0.717, 1.165) is 5.57 Å². The highest BCUT2D eigenvalue weighted by Gasteiger charge is 2.41. The Morgan fingerprint density at radius 1 is 0.909 bits per heavy atom. The summed E-state index contributed by atoms with van der Waals surface area (Å²) in [5.74, 6) is -1.41. The second-order valence-electron chi connectivity index (χ2n) is 6.00. The molecule has 0 fully saturated rings. The molecule has 0 aliphatic heterocycles. The molecule has 6 nitrogen and oxygen atoms in total. The van der Waals surface area contributed by atoms with Crippen molar-refractivity contribution in [1.82, 2.24) is 0 Å². The fraction of sp³-hybridized carbons (Fsp3) is 0.688. The van der Waals surface area contributed by atoms with Crippen molar-refractivity contribution in [3.63, 3.8) is 0 Å². The van der Waals surface area contributed by atoms with Gasteiger partial charge in [0.25, 0.3) is 0 Å². The molecule has 6 heteroatoms. The maximum atomic E-state index is 11.3. The zero-order chi connectivity index (χ0) is 17.5. The molecule has 0 aromatic heterocycles. The lowest BCUT2D eigenvalue weighted by molar-refractivity contribution is -0.174. The Labute approximate surface area is 131 Å². The average Bonchev–Trinajstić information content (AvgIpc) is 2.31. The maximum Gasteiger partial charge on any atom is 0.303 e. The molecule has 22 heavy (non-hydrogen) atoms. The fourth-order valence-electron chi connectivity index (χ4n) is 1.86. The molecular weight excluding hydrogens is 288 g/mol. The SMILES string of the molecule is CC(=O)OC[C@H](OC(C)=O)C(C)(C)[C@H](C=C(C)C)OC(C)=O. The number of hydrogen-bond donors (Lipinski definition) is 0. The molecule has 0 heterocycles. The van der Waals surface area contributed by atoms with Crippen molar-refractivity contribution in [3.05, 3.63) is 11.6 Å². The monoisotopic (exact) mass is 314 g/mol. The summed E-state index contributed by atoms with van der Waals surface area (Å²) in [5, 5.41) is 0. The molecular formula is C16H26O6. The highest BCUT2D eigenvalue weighted by molar-refractivity contribution is 5.67. The third kappa shape index (κ3) is 7.24. The van der Waals surface area contributed by atoms with E-state index >= 15 is 0 Å². The van der Waals surface area contributed by atoms with Crippen molar-refractivity contribution in [2.24, 2.45) is 5.41 Å². The van der Waals surface area contributed by atoms with Crippen LogP contribution in [0.2, 0.25) is 0 Å². The molecule has 0 spiro atoms. The molecule has 126 valence electrons. The summed E-state index contributed by atoms with van der Waals surface area (Å²) in [6, 6.07) is 0. The van der Waals surface area contributed by atoms with Crippen LogP contribution < -0.4 is 0 Å². The first-order valence-electron chi connectivity index (χ1n) is 7.09. The lowest BCUT2D eigenvalue weighted by Gasteiger charge is -2.37. The van der Waals surface area contributed by atoms with Gasteiger partial charge in [0.05, 0.1) is 0 Å². The highest BCUT2D eigenvalue weighted by atomic mass is 16.6. The Balaban J connectivity index is 5.46. The summed E-state index contributed by atoms with van der Waals surface area (Å²) < 4.78 is 15.6. The van der Waals surface area contributed by atoms with Crippen LogP contribution in [0.3, 0.4) is 0 Å². The van der Waals surface area contributed by atoms with Gasteiger partial charge in [-0.3, -0.25) is 14.4 Å². The van der Waals surface area contributed by atoms with Crippen LogP contribution in [0.25, 0.3) is 0 Å². The topological polar surface area (TPSA) is 78.9 Å². The number of allylic oxidation sites excluding steroid dienone is 1. The van der Waals surface area contributed by atoms with Crippen LogP contribution in [0.15, 0.2) is 11.6 Å². The molecule has 0 aliphatic rings. The summed E-state index contributed by atoms with van der Waals surface area (Å²) in [5.41, 5.74) is 0.178. The van der Waals surface area contributed by atoms with Gasteiger partial charge in [-0.05, 0) is 19.9 Å². The van der Waals surface area contributed by atoms with Crippen molar-refractivity contribution in [3.8, 4) is 0 Å². The van der Waals surface area contributed by atoms with Gasteiger partial charge in [-0.2, -0.15) is 0 Å². The van der Waals surface area contributed by atoms with E-state index in [-0.39, 0.29) is 6.61 Å². The normalized spacial score (nSPS) is 13.6. The lowest BCUT2D eigenvalue weighted by Crippen LogP contribution is -2.46. The Bertz CT molecular complexity index is 446. The number of carbonyl (C=O) groups is 3. The van der Waals surface area contributed by atoms with Gasteiger partial charge in [-0.1, -0.05) is 19.4 Å². The van der Waals surface area contributed by atoms with Crippen LogP contribution in [0, 0.1) is 5.41 Å². The van der Waals surface area contributed by atoms with Crippen LogP contribution in [0.5, 0.6) is 0 Å². The van der Waals surface area contributed by atoms with E-state index in [0.29, 0.717) is 0 Å². The molecule has 0 amide bonds. The van der Waals surface area contributed by atoms with E-state index in [1.165, 1.54) is 20.8 Å². The van der Waals surface area contributed by atoms with E-state index in [2.05, 4.69) is 0 Å². The van der Waals surface area contributed by atoms with Crippen LogP contribution in [-0.2, 0) is 28.6 Å². The number of rotatable bonds is 7. The summed E-state index contributed by atoms with van der Waals surface area (Å²) in [6.45, 7) is 11.1. The quantitative estimate of drug-likeness (QED) is 0.408. The van der Waals surface area contributed by atoms with E-state index in [4.69, 9.17) is 14.2 Å². The van der Waals surface area contributed by atoms with Gasteiger partial charge in [-0.15, -0.1) is 0 Å². The Kier molecular flexibility index (Phi) is 7.84. The largest absolute Gasteiger partial charge is 0.462 e. The number of esters is 3. The van der Waals surface area contributed by atoms with Crippen molar-refractivity contribution in [1.29, 1.82) is 0 Å². The minimum atomic E-state index is -0.774. The highest BCUT2D eigenvalue weighted by Crippen LogP contribution is 2.32. The van der Waals surface area contributed by atoms with Gasteiger partial charge in [-0.25, -0.2) is 0 Å². The molecule has 0 unspecified atom stereocenters. The minimum absolute atomic E-state index is 0.101. The van der Waals surface area contributed by atoms with Crippen molar-refractivity contribution >= 4 is 17.9 Å². The second-order valence-corrected chi connectivity index (χ2v) is 6.00. The van der Waals surface area contributed by atoms with Crippen LogP contribution in [0.1, 0.15) is 48.5 Å². The van der Waals surface area contributed by atoms with Crippen molar-refractivity contribution in [2.45, 2.75) is 60.7 Å². The van der Waals surface area contributed by atoms with Gasteiger partial charge in [0.1, 0.15) is 18.8 Å². The number of carbonyl (C=O) groups excluding carboxylic acids is 3. The number of hydrogen-bond acceptors (Lipinski definition) is 6. The van der Waals surface area contributed by atoms with Crippen LogP contribution >= 0.6 is 0 Å². The molecule has 0 aliphatic carbocycles. The zero-order valence-electron chi connectivity index (χ0n) is 14.4. The summed E-state index contributed by atoms with van der Waals surface area (Å²) in [4.78, 5) is 33.7. The van der Waals surface area contributed by atoms with E-state index in [1.807, 2.05) is 13.8 Å². The molecule has 0 bridgehead atoms. The van der Waals surface area contributed by atoms with Crippen LogP contribution in [0.4, 0.5) is 0 Å². The smallest absolute Gasteiger partial charge is 0.303 e. The summed E-state index contributed by atoms with van der Waals surface area (Å²) >= 11 is 0. The predicted octanol–water partition coefficient (Wildman–Crippen LogP) is 2.41. The van der Waals surface area contributed by atoms with E-state index in [9.17, 15) is 14.4 Å². The first-order chi connectivity index (χ1) is 9.96. The third-order valence-corrected chi connectivity index (χ3v) is 3.09. The van der Waals surface area contributed by atoms with Gasteiger partial charge >= 0.3 is 17.9 Å². The molecule has 0 saturated heterocycles. The van der Waals surface area contributed by atoms with Crippen molar-refractivity contribution in [2.75, 3.05) is 6.61 Å². The lowest BCUT2D eigenvalue weighted by atomic mass is 9.80. The summed E-state index contributed by atoms with van der Waals surface area (Å²) in [6.07, 6.45) is 0.426.